The van der Waals surface area contributed by atoms with Gasteiger partial charge in [-0.05, 0) is 7.05 Å². The lowest BCUT2D eigenvalue weighted by Gasteiger charge is -2.08. The third-order valence-electron chi connectivity index (χ3n) is 2.58. The van der Waals surface area contributed by atoms with Gasteiger partial charge in [-0.3, -0.25) is 0 Å². The second-order valence-corrected chi connectivity index (χ2v) is 4.84. The van der Waals surface area contributed by atoms with E-state index in [0.29, 0.717) is 85.2 Å². The summed E-state index contributed by atoms with van der Waals surface area (Å²) in [6.07, 6.45) is 0. The van der Waals surface area contributed by atoms with Crippen molar-refractivity contribution in [3.05, 3.63) is 0 Å². The molecule has 0 fully saturated rings. The first kappa shape index (κ1) is 23.0. The lowest BCUT2D eigenvalue weighted by atomic mass is 10.6. The van der Waals surface area contributed by atoms with E-state index in [9.17, 15) is 0 Å². The molecule has 0 aliphatic carbocycles. The molecule has 0 aliphatic rings. The molecule has 0 unspecified atom stereocenters. The molecule has 0 amide bonds. The Hall–Kier alpha value is 0.01000. The molecule has 8 heteroatoms. The van der Waals surface area contributed by atoms with Crippen molar-refractivity contribution < 1.29 is 28.4 Å². The number of alkyl halides is 1. The summed E-state index contributed by atoms with van der Waals surface area (Å²) in [6.45, 7) is 7.81. The van der Waals surface area contributed by atoms with Gasteiger partial charge in [-0.15, -0.1) is 11.6 Å². The molecular weight excluding hydrogens is 326 g/mol. The first-order valence-corrected chi connectivity index (χ1v) is 8.62. The SMILES string of the molecule is CNCCOCCOCCOCCOCCOCCOCCCl. The zero-order chi connectivity index (χ0) is 16.8. The highest BCUT2D eigenvalue weighted by Gasteiger charge is 1.93. The Kier molecular flexibility index (Phi) is 22.0. The van der Waals surface area contributed by atoms with Crippen molar-refractivity contribution in [2.24, 2.45) is 0 Å². The van der Waals surface area contributed by atoms with Gasteiger partial charge in [0.25, 0.3) is 0 Å². The maximum Gasteiger partial charge on any atom is 0.0701 e. The van der Waals surface area contributed by atoms with Crippen LogP contribution in [0.15, 0.2) is 0 Å². The summed E-state index contributed by atoms with van der Waals surface area (Å²) in [4.78, 5) is 0. The molecule has 0 aromatic rings. The van der Waals surface area contributed by atoms with Crippen LogP contribution in [0.2, 0.25) is 0 Å². The van der Waals surface area contributed by atoms with E-state index in [1.807, 2.05) is 7.05 Å². The molecule has 0 heterocycles. The standard InChI is InChI=1S/C15H32ClNO6/c1-17-3-5-19-7-9-21-11-13-23-15-14-22-12-10-20-8-6-18-4-2-16/h17H,2-15H2,1H3. The van der Waals surface area contributed by atoms with Crippen molar-refractivity contribution in [2.75, 3.05) is 98.8 Å². The Morgan fingerprint density at radius 3 is 1.13 bits per heavy atom. The Bertz CT molecular complexity index is 194. The van der Waals surface area contributed by atoms with E-state index in [1.165, 1.54) is 0 Å². The van der Waals surface area contributed by atoms with E-state index in [-0.39, 0.29) is 0 Å². The summed E-state index contributed by atoms with van der Waals surface area (Å²) in [5.41, 5.74) is 0. The minimum absolute atomic E-state index is 0.513. The number of nitrogens with one attached hydrogen (secondary N) is 1. The quantitative estimate of drug-likeness (QED) is 0.252. The van der Waals surface area contributed by atoms with E-state index >= 15 is 0 Å². The second kappa shape index (κ2) is 22.0. The van der Waals surface area contributed by atoms with Crippen LogP contribution in [0.25, 0.3) is 0 Å². The molecule has 0 bridgehead atoms. The summed E-state index contributed by atoms with van der Waals surface area (Å²) in [5.74, 6) is 0.513. The van der Waals surface area contributed by atoms with Crippen molar-refractivity contribution >= 4 is 11.6 Å². The predicted molar refractivity (Wildman–Crippen MR) is 89.6 cm³/mol. The Morgan fingerprint density at radius 2 is 0.826 bits per heavy atom. The minimum Gasteiger partial charge on any atom is -0.378 e. The van der Waals surface area contributed by atoms with Crippen molar-refractivity contribution in [1.82, 2.24) is 5.32 Å². The number of hydrogen-bond donors (Lipinski definition) is 1. The van der Waals surface area contributed by atoms with Gasteiger partial charge in [0, 0.05) is 12.4 Å². The fourth-order valence-electron chi connectivity index (χ4n) is 1.43. The van der Waals surface area contributed by atoms with Crippen LogP contribution in [0.1, 0.15) is 0 Å². The van der Waals surface area contributed by atoms with E-state index in [0.717, 1.165) is 6.54 Å². The molecule has 0 rings (SSSR count). The molecule has 0 saturated heterocycles. The van der Waals surface area contributed by atoms with Crippen molar-refractivity contribution in [3.63, 3.8) is 0 Å². The van der Waals surface area contributed by atoms with Crippen LogP contribution in [-0.4, -0.2) is 98.8 Å². The summed E-state index contributed by atoms with van der Waals surface area (Å²) in [6, 6.07) is 0. The summed E-state index contributed by atoms with van der Waals surface area (Å²) >= 11 is 5.47. The molecule has 0 spiro atoms. The molecule has 0 saturated carbocycles. The highest BCUT2D eigenvalue weighted by atomic mass is 35.5. The molecule has 23 heavy (non-hydrogen) atoms. The van der Waals surface area contributed by atoms with Crippen LogP contribution in [0.5, 0.6) is 0 Å². The lowest BCUT2D eigenvalue weighted by molar-refractivity contribution is -0.0159. The van der Waals surface area contributed by atoms with Gasteiger partial charge in [-0.2, -0.15) is 0 Å². The van der Waals surface area contributed by atoms with Gasteiger partial charge >= 0.3 is 0 Å². The third kappa shape index (κ3) is 22.0. The monoisotopic (exact) mass is 357 g/mol. The fraction of sp³-hybridized carbons (Fsp3) is 1.00. The lowest BCUT2D eigenvalue weighted by Crippen LogP contribution is -2.17. The minimum atomic E-state index is 0.513. The third-order valence-corrected chi connectivity index (χ3v) is 2.73. The van der Waals surface area contributed by atoms with Crippen LogP contribution in [0.4, 0.5) is 0 Å². The highest BCUT2D eigenvalue weighted by molar-refractivity contribution is 6.17. The van der Waals surface area contributed by atoms with Gasteiger partial charge in [0.15, 0.2) is 0 Å². The second-order valence-electron chi connectivity index (χ2n) is 4.47. The molecule has 0 aromatic heterocycles. The molecule has 0 aliphatic heterocycles. The van der Waals surface area contributed by atoms with E-state index in [4.69, 9.17) is 40.0 Å². The fourth-order valence-corrected chi connectivity index (χ4v) is 1.54. The zero-order valence-corrected chi connectivity index (χ0v) is 15.0. The largest absolute Gasteiger partial charge is 0.378 e. The number of halogens is 1. The molecule has 7 nitrogen and oxygen atoms in total. The van der Waals surface area contributed by atoms with Crippen LogP contribution in [0, 0.1) is 0 Å². The molecule has 140 valence electrons. The molecule has 0 radical (unpaired) electrons. The van der Waals surface area contributed by atoms with E-state index in [1.54, 1.807) is 0 Å². The van der Waals surface area contributed by atoms with Crippen LogP contribution < -0.4 is 5.32 Å². The van der Waals surface area contributed by atoms with E-state index in [2.05, 4.69) is 5.32 Å². The van der Waals surface area contributed by atoms with Gasteiger partial charge in [0.2, 0.25) is 0 Å². The predicted octanol–water partition coefficient (Wildman–Crippen LogP) is 0.544. The highest BCUT2D eigenvalue weighted by Crippen LogP contribution is 1.85. The number of hydrogen-bond acceptors (Lipinski definition) is 7. The van der Waals surface area contributed by atoms with Gasteiger partial charge in [-0.1, -0.05) is 0 Å². The van der Waals surface area contributed by atoms with Crippen molar-refractivity contribution in [1.29, 1.82) is 0 Å². The summed E-state index contributed by atoms with van der Waals surface area (Å²) in [5, 5.41) is 3.01. The number of ether oxygens (including phenoxy) is 6. The first-order valence-electron chi connectivity index (χ1n) is 8.08. The van der Waals surface area contributed by atoms with Crippen LogP contribution in [-0.2, 0) is 28.4 Å². The number of likely N-dealkylation sites (N-methyl/N-ethyl adjacent to an activating group) is 1. The Labute approximate surface area is 144 Å². The average molecular weight is 358 g/mol. The Balaban J connectivity index is 2.92. The average Bonchev–Trinajstić information content (AvgIpc) is 2.57. The Morgan fingerprint density at radius 1 is 0.522 bits per heavy atom. The summed E-state index contributed by atoms with van der Waals surface area (Å²) in [7, 11) is 1.90. The van der Waals surface area contributed by atoms with Crippen LogP contribution in [0.3, 0.4) is 0 Å². The topological polar surface area (TPSA) is 67.4 Å². The molecular formula is C15H32ClNO6. The maximum absolute atomic E-state index is 5.47. The van der Waals surface area contributed by atoms with Gasteiger partial charge in [-0.25, -0.2) is 0 Å². The smallest absolute Gasteiger partial charge is 0.0701 e. The molecule has 0 atom stereocenters. The van der Waals surface area contributed by atoms with Crippen molar-refractivity contribution in [3.8, 4) is 0 Å². The van der Waals surface area contributed by atoms with Crippen LogP contribution >= 0.6 is 11.6 Å². The first-order chi connectivity index (χ1) is 11.4. The molecule has 1 N–H and O–H groups in total. The number of rotatable bonds is 20. The normalized spacial score (nSPS) is 11.2. The van der Waals surface area contributed by atoms with Gasteiger partial charge < -0.3 is 33.7 Å². The summed E-state index contributed by atoms with van der Waals surface area (Å²) < 4.78 is 31.9. The van der Waals surface area contributed by atoms with E-state index < -0.39 is 0 Å². The van der Waals surface area contributed by atoms with Crippen molar-refractivity contribution in [2.45, 2.75) is 0 Å². The molecule has 0 aromatic carbocycles. The van der Waals surface area contributed by atoms with Gasteiger partial charge in [0.05, 0.1) is 79.3 Å². The maximum atomic E-state index is 5.47. The zero-order valence-electron chi connectivity index (χ0n) is 14.2. The van der Waals surface area contributed by atoms with Gasteiger partial charge in [0.1, 0.15) is 0 Å².